The highest BCUT2D eigenvalue weighted by atomic mass is 32.1. The second-order valence-electron chi connectivity index (χ2n) is 4.82. The van der Waals surface area contributed by atoms with Gasteiger partial charge >= 0.3 is 5.97 Å². The standard InChI is InChI=1S/C14H15N3O3S/c1-20-11-6-5-8(7-15-11)16-14-17-12-9(13(18)19)3-2-4-10(12)21-14/h5-7,9H,2-4H2,1H3,(H,16,17)(H,18,19). The zero-order valence-corrected chi connectivity index (χ0v) is 12.3. The first-order chi connectivity index (χ1) is 10.2. The molecule has 1 aliphatic rings. The molecule has 3 rings (SSSR count). The van der Waals surface area contributed by atoms with E-state index in [4.69, 9.17) is 4.74 Å². The van der Waals surface area contributed by atoms with E-state index < -0.39 is 11.9 Å². The Hall–Kier alpha value is -2.15. The number of ether oxygens (including phenoxy) is 1. The van der Waals surface area contributed by atoms with Gasteiger partial charge < -0.3 is 15.2 Å². The summed E-state index contributed by atoms with van der Waals surface area (Å²) in [5.74, 6) is -0.724. The van der Waals surface area contributed by atoms with Crippen LogP contribution in [-0.2, 0) is 11.2 Å². The summed E-state index contributed by atoms with van der Waals surface area (Å²) >= 11 is 1.52. The average Bonchev–Trinajstić information content (AvgIpc) is 2.89. The summed E-state index contributed by atoms with van der Waals surface area (Å²) in [7, 11) is 1.57. The second kappa shape index (κ2) is 5.69. The van der Waals surface area contributed by atoms with Crippen LogP contribution in [0.3, 0.4) is 0 Å². The van der Waals surface area contributed by atoms with Crippen molar-refractivity contribution in [2.75, 3.05) is 12.4 Å². The Bertz CT molecular complexity index is 654. The normalized spacial score (nSPS) is 17.1. The molecule has 1 atom stereocenters. The minimum Gasteiger partial charge on any atom is -0.481 e. The van der Waals surface area contributed by atoms with Crippen molar-refractivity contribution in [1.82, 2.24) is 9.97 Å². The number of anilines is 2. The Morgan fingerprint density at radius 3 is 3.05 bits per heavy atom. The molecule has 0 aromatic carbocycles. The lowest BCUT2D eigenvalue weighted by molar-refractivity contribution is -0.139. The molecule has 0 fully saturated rings. The molecule has 21 heavy (non-hydrogen) atoms. The van der Waals surface area contributed by atoms with Gasteiger partial charge in [-0.05, 0) is 25.3 Å². The molecule has 2 aromatic heterocycles. The van der Waals surface area contributed by atoms with Crippen LogP contribution in [0, 0.1) is 0 Å². The van der Waals surface area contributed by atoms with Crippen LogP contribution < -0.4 is 10.1 Å². The number of aliphatic carboxylic acids is 1. The lowest BCUT2D eigenvalue weighted by atomic mass is 9.91. The van der Waals surface area contributed by atoms with E-state index in [-0.39, 0.29) is 0 Å². The predicted molar refractivity (Wildman–Crippen MR) is 79.5 cm³/mol. The van der Waals surface area contributed by atoms with Crippen LogP contribution in [0.2, 0.25) is 0 Å². The minimum absolute atomic E-state index is 0.477. The zero-order chi connectivity index (χ0) is 14.8. The Balaban J connectivity index is 1.82. The number of aromatic nitrogens is 2. The summed E-state index contributed by atoms with van der Waals surface area (Å²) in [4.78, 5) is 20.9. The van der Waals surface area contributed by atoms with Gasteiger partial charge in [0.15, 0.2) is 5.13 Å². The van der Waals surface area contributed by atoms with Gasteiger partial charge in [0.25, 0.3) is 0 Å². The van der Waals surface area contributed by atoms with Crippen molar-refractivity contribution in [1.29, 1.82) is 0 Å². The Morgan fingerprint density at radius 1 is 1.52 bits per heavy atom. The number of carboxylic acid groups (broad SMARTS) is 1. The number of hydrogen-bond acceptors (Lipinski definition) is 6. The number of carboxylic acids is 1. The topological polar surface area (TPSA) is 84.3 Å². The zero-order valence-electron chi connectivity index (χ0n) is 11.5. The van der Waals surface area contributed by atoms with Crippen LogP contribution in [-0.4, -0.2) is 28.2 Å². The van der Waals surface area contributed by atoms with E-state index in [9.17, 15) is 9.90 Å². The Labute approximate surface area is 125 Å². The summed E-state index contributed by atoms with van der Waals surface area (Å²) in [5.41, 5.74) is 1.51. The smallest absolute Gasteiger partial charge is 0.312 e. The summed E-state index contributed by atoms with van der Waals surface area (Å²) in [6, 6.07) is 3.61. The van der Waals surface area contributed by atoms with Crippen LogP contribution in [0.5, 0.6) is 5.88 Å². The molecule has 0 aliphatic heterocycles. The first kappa shape index (κ1) is 13.8. The molecule has 1 aliphatic carbocycles. The largest absolute Gasteiger partial charge is 0.481 e. The van der Waals surface area contributed by atoms with E-state index in [1.165, 1.54) is 11.3 Å². The third-order valence-corrected chi connectivity index (χ3v) is 4.50. The number of thiazole rings is 1. The summed E-state index contributed by atoms with van der Waals surface area (Å²) < 4.78 is 5.01. The van der Waals surface area contributed by atoms with Gasteiger partial charge in [-0.25, -0.2) is 9.97 Å². The van der Waals surface area contributed by atoms with E-state index in [0.29, 0.717) is 23.1 Å². The highest BCUT2D eigenvalue weighted by Crippen LogP contribution is 2.37. The molecular weight excluding hydrogens is 290 g/mol. The molecule has 2 N–H and O–H groups in total. The van der Waals surface area contributed by atoms with Gasteiger partial charge in [0.05, 0.1) is 24.7 Å². The molecule has 7 heteroatoms. The van der Waals surface area contributed by atoms with E-state index in [1.54, 1.807) is 19.4 Å². The minimum atomic E-state index is -0.793. The van der Waals surface area contributed by atoms with Crippen LogP contribution in [0.15, 0.2) is 18.3 Å². The number of aryl methyl sites for hydroxylation is 1. The summed E-state index contributed by atoms with van der Waals surface area (Å²) in [5, 5.41) is 13.1. The van der Waals surface area contributed by atoms with Crippen LogP contribution >= 0.6 is 11.3 Å². The Morgan fingerprint density at radius 2 is 2.38 bits per heavy atom. The molecule has 2 aromatic rings. The fourth-order valence-corrected chi connectivity index (χ4v) is 3.50. The molecule has 0 saturated carbocycles. The number of methoxy groups -OCH3 is 1. The third-order valence-electron chi connectivity index (χ3n) is 3.45. The number of hydrogen-bond donors (Lipinski definition) is 2. The highest BCUT2D eigenvalue weighted by Gasteiger charge is 2.29. The van der Waals surface area contributed by atoms with Crippen molar-refractivity contribution < 1.29 is 14.6 Å². The third kappa shape index (κ3) is 2.82. The van der Waals surface area contributed by atoms with Crippen LogP contribution in [0.25, 0.3) is 0 Å². The van der Waals surface area contributed by atoms with Crippen molar-refractivity contribution in [2.24, 2.45) is 0 Å². The number of pyridine rings is 1. The number of nitrogens with zero attached hydrogens (tertiary/aromatic N) is 2. The molecule has 2 heterocycles. The lowest BCUT2D eigenvalue weighted by Gasteiger charge is -2.16. The number of fused-ring (bicyclic) bond motifs is 1. The van der Waals surface area contributed by atoms with Crippen molar-refractivity contribution in [3.8, 4) is 5.88 Å². The molecule has 0 bridgehead atoms. The van der Waals surface area contributed by atoms with Gasteiger partial charge in [0.1, 0.15) is 5.92 Å². The van der Waals surface area contributed by atoms with E-state index >= 15 is 0 Å². The van der Waals surface area contributed by atoms with Gasteiger partial charge in [-0.2, -0.15) is 0 Å². The monoisotopic (exact) mass is 305 g/mol. The molecule has 110 valence electrons. The first-order valence-electron chi connectivity index (χ1n) is 6.67. The Kier molecular flexibility index (Phi) is 3.74. The second-order valence-corrected chi connectivity index (χ2v) is 5.91. The number of rotatable bonds is 4. The quantitative estimate of drug-likeness (QED) is 0.903. The first-order valence-corrected chi connectivity index (χ1v) is 7.48. The number of carbonyl (C=O) groups is 1. The summed E-state index contributed by atoms with van der Waals surface area (Å²) in [6.45, 7) is 0. The molecule has 0 spiro atoms. The van der Waals surface area contributed by atoms with E-state index in [2.05, 4.69) is 15.3 Å². The maximum absolute atomic E-state index is 11.3. The van der Waals surface area contributed by atoms with Crippen LogP contribution in [0.4, 0.5) is 10.8 Å². The van der Waals surface area contributed by atoms with Gasteiger partial charge in [-0.15, -0.1) is 11.3 Å². The van der Waals surface area contributed by atoms with Crippen molar-refractivity contribution in [3.63, 3.8) is 0 Å². The van der Waals surface area contributed by atoms with Gasteiger partial charge in [-0.1, -0.05) is 0 Å². The van der Waals surface area contributed by atoms with Gasteiger partial charge in [0, 0.05) is 10.9 Å². The lowest BCUT2D eigenvalue weighted by Crippen LogP contribution is -2.17. The van der Waals surface area contributed by atoms with Gasteiger partial charge in [0.2, 0.25) is 5.88 Å². The maximum Gasteiger partial charge on any atom is 0.312 e. The molecule has 0 saturated heterocycles. The average molecular weight is 305 g/mol. The van der Waals surface area contributed by atoms with E-state index in [1.807, 2.05) is 6.07 Å². The fourth-order valence-electron chi connectivity index (χ4n) is 2.41. The van der Waals surface area contributed by atoms with Gasteiger partial charge in [-0.3, -0.25) is 4.79 Å². The van der Waals surface area contributed by atoms with Crippen molar-refractivity contribution in [2.45, 2.75) is 25.2 Å². The molecule has 0 amide bonds. The van der Waals surface area contributed by atoms with E-state index in [0.717, 1.165) is 23.4 Å². The van der Waals surface area contributed by atoms with Crippen molar-refractivity contribution >= 4 is 28.1 Å². The highest BCUT2D eigenvalue weighted by molar-refractivity contribution is 7.15. The van der Waals surface area contributed by atoms with Crippen LogP contribution in [0.1, 0.15) is 29.3 Å². The predicted octanol–water partition coefficient (Wildman–Crippen LogP) is 2.79. The molecule has 0 radical (unpaired) electrons. The molecule has 1 unspecified atom stereocenters. The molecule has 6 nitrogen and oxygen atoms in total. The maximum atomic E-state index is 11.3. The fraction of sp³-hybridized carbons (Fsp3) is 0.357. The molecular formula is C14H15N3O3S. The number of nitrogens with one attached hydrogen (secondary N) is 1. The SMILES string of the molecule is COc1ccc(Nc2nc3c(s2)CCCC3C(=O)O)cn1. The summed E-state index contributed by atoms with van der Waals surface area (Å²) in [6.07, 6.45) is 4.12. The van der Waals surface area contributed by atoms with Crippen molar-refractivity contribution in [3.05, 3.63) is 28.9 Å².